The van der Waals surface area contributed by atoms with Crippen LogP contribution in [0.25, 0.3) is 21.9 Å². The third-order valence-corrected chi connectivity index (χ3v) is 4.19. The summed E-state index contributed by atoms with van der Waals surface area (Å²) in [6.07, 6.45) is 1.95. The van der Waals surface area contributed by atoms with E-state index in [2.05, 4.69) is 20.5 Å². The number of fused-ring (bicyclic) bond motifs is 2. The van der Waals surface area contributed by atoms with Crippen LogP contribution in [0.5, 0.6) is 0 Å². The topological polar surface area (TPSA) is 18.1 Å². The second-order valence-electron chi connectivity index (χ2n) is 5.02. The molecule has 104 valence electrons. The van der Waals surface area contributed by atoms with Crippen LogP contribution in [0, 0.1) is 5.82 Å². The van der Waals surface area contributed by atoms with E-state index in [1.807, 2.05) is 42.6 Å². The van der Waals surface area contributed by atoms with E-state index in [0.717, 1.165) is 32.1 Å². The van der Waals surface area contributed by atoms with E-state index in [0.29, 0.717) is 6.54 Å². The monoisotopic (exact) mass is 343 g/mol. The minimum Gasteiger partial charge on any atom is -0.459 e. The zero-order chi connectivity index (χ0) is 14.4. The van der Waals surface area contributed by atoms with Crippen LogP contribution in [-0.4, -0.2) is 4.57 Å². The molecule has 2 aromatic carbocycles. The number of aromatic nitrogens is 1. The number of hydrogen-bond donors (Lipinski definition) is 0. The second kappa shape index (κ2) is 4.74. The molecule has 0 unspecified atom stereocenters. The molecule has 0 fully saturated rings. The molecular weight excluding hydrogens is 333 g/mol. The van der Waals surface area contributed by atoms with Crippen LogP contribution in [0.15, 0.2) is 63.6 Å². The molecule has 4 heteroatoms. The molecule has 0 N–H and O–H groups in total. The summed E-state index contributed by atoms with van der Waals surface area (Å²) in [5, 5.41) is 1.96. The molecule has 0 spiro atoms. The summed E-state index contributed by atoms with van der Waals surface area (Å²) in [6, 6.07) is 14.9. The second-order valence-corrected chi connectivity index (χ2v) is 5.87. The fraction of sp³-hybridized carbons (Fsp3) is 0.0588. The Kier molecular flexibility index (Phi) is 2.86. The van der Waals surface area contributed by atoms with Crippen LogP contribution in [0.2, 0.25) is 0 Å². The quantitative estimate of drug-likeness (QED) is 0.480. The zero-order valence-corrected chi connectivity index (χ0v) is 12.6. The van der Waals surface area contributed by atoms with Gasteiger partial charge in [0.15, 0.2) is 0 Å². The van der Waals surface area contributed by atoms with Crippen molar-refractivity contribution in [3.8, 4) is 0 Å². The highest BCUT2D eigenvalue weighted by Crippen LogP contribution is 2.28. The maximum absolute atomic E-state index is 13.4. The van der Waals surface area contributed by atoms with Gasteiger partial charge in [-0.05, 0) is 46.3 Å². The van der Waals surface area contributed by atoms with Gasteiger partial charge in [0.05, 0.1) is 12.1 Å². The van der Waals surface area contributed by atoms with Gasteiger partial charge in [-0.25, -0.2) is 4.39 Å². The van der Waals surface area contributed by atoms with Crippen molar-refractivity contribution in [2.75, 3.05) is 0 Å². The summed E-state index contributed by atoms with van der Waals surface area (Å²) >= 11 is 3.43. The number of nitrogens with zero attached hydrogens (tertiary/aromatic N) is 1. The number of halogens is 2. The minimum atomic E-state index is -0.240. The number of furan rings is 1. The van der Waals surface area contributed by atoms with E-state index in [4.69, 9.17) is 4.42 Å². The molecule has 2 nitrogen and oxygen atoms in total. The first kappa shape index (κ1) is 12.7. The molecule has 0 amide bonds. The highest BCUT2D eigenvalue weighted by Gasteiger charge is 2.10. The Morgan fingerprint density at radius 3 is 2.76 bits per heavy atom. The molecule has 0 aliphatic rings. The highest BCUT2D eigenvalue weighted by atomic mass is 79.9. The molecule has 0 atom stereocenters. The average Bonchev–Trinajstić information content (AvgIpc) is 3.02. The number of rotatable bonds is 2. The number of para-hydroxylation sites is 1. The molecule has 0 saturated carbocycles. The van der Waals surface area contributed by atoms with Crippen LogP contribution in [0.3, 0.4) is 0 Å². The van der Waals surface area contributed by atoms with Crippen molar-refractivity contribution in [1.29, 1.82) is 0 Å². The Morgan fingerprint density at radius 2 is 1.90 bits per heavy atom. The van der Waals surface area contributed by atoms with Gasteiger partial charge in [0.2, 0.25) is 0 Å². The van der Waals surface area contributed by atoms with Crippen LogP contribution in [0.4, 0.5) is 4.39 Å². The van der Waals surface area contributed by atoms with Crippen molar-refractivity contribution in [1.82, 2.24) is 4.57 Å². The van der Waals surface area contributed by atoms with Crippen molar-refractivity contribution in [3.63, 3.8) is 0 Å². The SMILES string of the molecule is Fc1cc(Br)c2c(ccn2Cc2cc3ccccc3o2)c1. The van der Waals surface area contributed by atoms with E-state index in [1.165, 1.54) is 12.1 Å². The molecule has 0 aliphatic heterocycles. The van der Waals surface area contributed by atoms with Gasteiger partial charge in [-0.3, -0.25) is 0 Å². The van der Waals surface area contributed by atoms with Gasteiger partial charge in [0.25, 0.3) is 0 Å². The van der Waals surface area contributed by atoms with Gasteiger partial charge in [-0.2, -0.15) is 0 Å². The van der Waals surface area contributed by atoms with Gasteiger partial charge < -0.3 is 8.98 Å². The van der Waals surface area contributed by atoms with Gasteiger partial charge in [-0.1, -0.05) is 18.2 Å². The maximum atomic E-state index is 13.4. The van der Waals surface area contributed by atoms with Gasteiger partial charge in [0.1, 0.15) is 17.2 Å². The predicted molar refractivity (Wildman–Crippen MR) is 84.9 cm³/mol. The van der Waals surface area contributed by atoms with E-state index < -0.39 is 0 Å². The maximum Gasteiger partial charge on any atom is 0.134 e. The first-order valence-corrected chi connectivity index (χ1v) is 7.41. The Balaban J connectivity index is 1.80. The Bertz CT molecular complexity index is 921. The lowest BCUT2D eigenvalue weighted by atomic mass is 10.2. The van der Waals surface area contributed by atoms with Crippen molar-refractivity contribution in [3.05, 3.63) is 70.8 Å². The van der Waals surface area contributed by atoms with E-state index in [9.17, 15) is 4.39 Å². The third kappa shape index (κ3) is 2.16. The van der Waals surface area contributed by atoms with E-state index in [1.54, 1.807) is 0 Å². The molecule has 0 radical (unpaired) electrons. The lowest BCUT2D eigenvalue weighted by molar-refractivity contribution is 0.532. The zero-order valence-electron chi connectivity index (χ0n) is 11.0. The van der Waals surface area contributed by atoms with Crippen LogP contribution in [-0.2, 0) is 6.54 Å². The van der Waals surface area contributed by atoms with Crippen LogP contribution >= 0.6 is 15.9 Å². The summed E-state index contributed by atoms with van der Waals surface area (Å²) in [5.74, 6) is 0.640. The summed E-state index contributed by atoms with van der Waals surface area (Å²) in [6.45, 7) is 0.614. The highest BCUT2D eigenvalue weighted by molar-refractivity contribution is 9.10. The van der Waals surface area contributed by atoms with Gasteiger partial charge in [0, 0.05) is 21.4 Å². The number of hydrogen-bond acceptors (Lipinski definition) is 1. The summed E-state index contributed by atoms with van der Waals surface area (Å²) in [5.41, 5.74) is 1.85. The molecule has 21 heavy (non-hydrogen) atoms. The molecule has 4 aromatic rings. The molecule has 0 aliphatic carbocycles. The fourth-order valence-corrected chi connectivity index (χ4v) is 3.35. The molecule has 2 aromatic heterocycles. The summed E-state index contributed by atoms with van der Waals surface area (Å²) < 4.78 is 22.1. The third-order valence-electron chi connectivity index (χ3n) is 3.58. The van der Waals surface area contributed by atoms with E-state index >= 15 is 0 Å². The molecule has 0 saturated heterocycles. The Morgan fingerprint density at radius 1 is 1.05 bits per heavy atom. The summed E-state index contributed by atoms with van der Waals surface area (Å²) in [4.78, 5) is 0. The lowest BCUT2D eigenvalue weighted by Gasteiger charge is -2.05. The predicted octanol–water partition coefficient (Wildman–Crippen LogP) is 5.34. The van der Waals surface area contributed by atoms with Crippen LogP contribution < -0.4 is 0 Å². The largest absolute Gasteiger partial charge is 0.459 e. The Hall–Kier alpha value is -2.07. The van der Waals surface area contributed by atoms with Gasteiger partial charge in [-0.15, -0.1) is 0 Å². The number of benzene rings is 2. The van der Waals surface area contributed by atoms with E-state index in [-0.39, 0.29) is 5.82 Å². The molecule has 4 rings (SSSR count). The average molecular weight is 344 g/mol. The molecular formula is C17H11BrFNO. The van der Waals surface area contributed by atoms with Crippen LogP contribution in [0.1, 0.15) is 5.76 Å². The normalized spacial score (nSPS) is 11.5. The minimum absolute atomic E-state index is 0.240. The van der Waals surface area contributed by atoms with Gasteiger partial charge >= 0.3 is 0 Å². The first-order valence-electron chi connectivity index (χ1n) is 6.62. The molecule has 0 bridgehead atoms. The smallest absolute Gasteiger partial charge is 0.134 e. The van der Waals surface area contributed by atoms with Crippen molar-refractivity contribution in [2.24, 2.45) is 0 Å². The lowest BCUT2D eigenvalue weighted by Crippen LogP contribution is -1.97. The standard InChI is InChI=1S/C17H11BrFNO/c18-15-9-13(19)7-12-5-6-20(17(12)15)10-14-8-11-3-1-2-4-16(11)21-14/h1-9H,10H2. The van der Waals surface area contributed by atoms with Crippen molar-refractivity contribution < 1.29 is 8.81 Å². The molecule has 2 heterocycles. The Labute approximate surface area is 128 Å². The summed E-state index contributed by atoms with van der Waals surface area (Å²) in [7, 11) is 0. The fourth-order valence-electron chi connectivity index (χ4n) is 2.68. The first-order chi connectivity index (χ1) is 10.2. The van der Waals surface area contributed by atoms with Crippen molar-refractivity contribution in [2.45, 2.75) is 6.54 Å². The van der Waals surface area contributed by atoms with Crippen molar-refractivity contribution >= 4 is 37.8 Å².